The second-order valence-corrected chi connectivity index (χ2v) is 4.01. The van der Waals surface area contributed by atoms with Crippen LogP contribution in [-0.2, 0) is 25.9 Å². The fraction of sp³-hybridized carbons (Fsp3) is 0.385. The first-order chi connectivity index (χ1) is 11.1. The Morgan fingerprint density at radius 1 is 1.35 bits per heavy atom. The second kappa shape index (κ2) is 9.82. The number of amides is 1. The normalized spacial score (nSPS) is 12.2. The molecule has 23 heavy (non-hydrogen) atoms. The molecule has 10 nitrogen and oxygen atoms in total. The molecule has 0 bridgehead atoms. The van der Waals surface area contributed by atoms with Crippen LogP contribution in [0.4, 0.5) is 0 Å². The molecule has 0 aliphatic carbocycles. The molecule has 0 aliphatic heterocycles. The molecule has 1 rings (SSSR count). The minimum atomic E-state index is -0.435. The summed E-state index contributed by atoms with van der Waals surface area (Å²) < 4.78 is 0. The zero-order valence-corrected chi connectivity index (χ0v) is 13.3. The van der Waals surface area contributed by atoms with Crippen LogP contribution < -0.4 is 5.32 Å². The topological polar surface area (TPSA) is 120 Å². The van der Waals surface area contributed by atoms with Gasteiger partial charge in [0.15, 0.2) is 12.3 Å². The Balaban J connectivity index is 2.95. The SMILES string of the molecule is CNC(=O)/C(=N/OC)c1cncnc1CO/N=C(\C)C=NOC. The maximum atomic E-state index is 11.9. The summed E-state index contributed by atoms with van der Waals surface area (Å²) in [6.07, 6.45) is 4.17. The highest BCUT2D eigenvalue weighted by Crippen LogP contribution is 2.08. The number of nitrogens with zero attached hydrogens (tertiary/aromatic N) is 5. The Labute approximate surface area is 133 Å². The van der Waals surface area contributed by atoms with Crippen LogP contribution in [0.3, 0.4) is 0 Å². The maximum Gasteiger partial charge on any atom is 0.273 e. The van der Waals surface area contributed by atoms with Crippen molar-refractivity contribution < 1.29 is 19.3 Å². The number of carbonyl (C=O) groups is 1. The molecule has 0 spiro atoms. The monoisotopic (exact) mass is 322 g/mol. The lowest BCUT2D eigenvalue weighted by molar-refractivity contribution is -0.114. The summed E-state index contributed by atoms with van der Waals surface area (Å²) in [4.78, 5) is 34.3. The fourth-order valence-electron chi connectivity index (χ4n) is 1.44. The van der Waals surface area contributed by atoms with Crippen molar-refractivity contribution in [1.82, 2.24) is 15.3 Å². The number of oxime groups is 3. The number of aromatic nitrogens is 2. The third kappa shape index (κ3) is 5.69. The molecule has 1 aromatic heterocycles. The number of hydrogen-bond acceptors (Lipinski definition) is 9. The van der Waals surface area contributed by atoms with Crippen LogP contribution in [0, 0.1) is 0 Å². The molecule has 0 unspecified atom stereocenters. The minimum Gasteiger partial charge on any atom is -0.399 e. The van der Waals surface area contributed by atoms with Gasteiger partial charge in [0.05, 0.1) is 23.2 Å². The predicted octanol–water partition coefficient (Wildman–Crippen LogP) is 0.0978. The molecule has 0 aliphatic rings. The molecular weight excluding hydrogens is 304 g/mol. The Morgan fingerprint density at radius 2 is 2.13 bits per heavy atom. The average molecular weight is 322 g/mol. The fourth-order valence-corrected chi connectivity index (χ4v) is 1.44. The predicted molar refractivity (Wildman–Crippen MR) is 83.0 cm³/mol. The number of carbonyl (C=O) groups excluding carboxylic acids is 1. The lowest BCUT2D eigenvalue weighted by Gasteiger charge is -2.08. The highest BCUT2D eigenvalue weighted by molar-refractivity contribution is 6.45. The molecule has 10 heteroatoms. The van der Waals surface area contributed by atoms with E-state index in [2.05, 4.69) is 35.6 Å². The Morgan fingerprint density at radius 3 is 2.78 bits per heavy atom. The standard InChI is InChI=1S/C13H18N6O4/c1-9(5-17-21-3)18-23-7-11-10(6-15-8-16-11)12(19-22-4)13(20)14-2/h5-6,8H,7H2,1-4H3,(H,14,20)/b17-5?,18-9+,19-12+. The van der Waals surface area contributed by atoms with E-state index in [0.29, 0.717) is 17.0 Å². The highest BCUT2D eigenvalue weighted by Gasteiger charge is 2.19. The molecule has 1 amide bonds. The summed E-state index contributed by atoms with van der Waals surface area (Å²) in [6.45, 7) is 1.70. The molecule has 0 fully saturated rings. The smallest absolute Gasteiger partial charge is 0.273 e. The number of likely N-dealkylation sites (N-methyl/N-ethyl adjacent to an activating group) is 1. The van der Waals surface area contributed by atoms with Crippen LogP contribution in [0.1, 0.15) is 18.2 Å². The Kier molecular flexibility index (Phi) is 7.69. The third-order valence-corrected chi connectivity index (χ3v) is 2.43. The van der Waals surface area contributed by atoms with E-state index in [-0.39, 0.29) is 12.3 Å². The molecule has 0 saturated heterocycles. The van der Waals surface area contributed by atoms with Gasteiger partial charge in [0.1, 0.15) is 20.5 Å². The molecule has 0 aromatic carbocycles. The molecule has 1 aromatic rings. The van der Waals surface area contributed by atoms with Gasteiger partial charge in [-0.25, -0.2) is 9.97 Å². The van der Waals surface area contributed by atoms with Crippen LogP contribution in [0.2, 0.25) is 0 Å². The van der Waals surface area contributed by atoms with Gasteiger partial charge in [-0.15, -0.1) is 0 Å². The van der Waals surface area contributed by atoms with Crippen molar-refractivity contribution in [1.29, 1.82) is 0 Å². The van der Waals surface area contributed by atoms with Crippen molar-refractivity contribution in [3.63, 3.8) is 0 Å². The van der Waals surface area contributed by atoms with E-state index in [4.69, 9.17) is 9.68 Å². The quantitative estimate of drug-likeness (QED) is 0.535. The van der Waals surface area contributed by atoms with E-state index in [0.717, 1.165) is 0 Å². The molecular formula is C13H18N6O4. The summed E-state index contributed by atoms with van der Waals surface area (Å²) in [5.74, 6) is -0.435. The van der Waals surface area contributed by atoms with E-state index < -0.39 is 5.91 Å². The lowest BCUT2D eigenvalue weighted by atomic mass is 10.1. The van der Waals surface area contributed by atoms with Crippen molar-refractivity contribution >= 4 is 23.5 Å². The van der Waals surface area contributed by atoms with Crippen molar-refractivity contribution in [2.75, 3.05) is 21.3 Å². The van der Waals surface area contributed by atoms with Gasteiger partial charge in [0, 0.05) is 13.2 Å². The zero-order chi connectivity index (χ0) is 17.1. The summed E-state index contributed by atoms with van der Waals surface area (Å²) in [7, 11) is 4.25. The average Bonchev–Trinajstić information content (AvgIpc) is 2.57. The van der Waals surface area contributed by atoms with Crippen molar-refractivity contribution in [2.45, 2.75) is 13.5 Å². The zero-order valence-electron chi connectivity index (χ0n) is 13.3. The highest BCUT2D eigenvalue weighted by atomic mass is 16.6. The van der Waals surface area contributed by atoms with Gasteiger partial charge in [-0.2, -0.15) is 0 Å². The van der Waals surface area contributed by atoms with Crippen LogP contribution >= 0.6 is 0 Å². The van der Waals surface area contributed by atoms with E-state index in [1.807, 2.05) is 0 Å². The Bertz CT molecular complexity index is 614. The summed E-state index contributed by atoms with van der Waals surface area (Å²) in [6, 6.07) is 0. The summed E-state index contributed by atoms with van der Waals surface area (Å²) >= 11 is 0. The second-order valence-electron chi connectivity index (χ2n) is 4.01. The summed E-state index contributed by atoms with van der Waals surface area (Å²) in [5.41, 5.74) is 1.35. The van der Waals surface area contributed by atoms with E-state index in [1.54, 1.807) is 6.92 Å². The van der Waals surface area contributed by atoms with E-state index >= 15 is 0 Å². The maximum absolute atomic E-state index is 11.9. The first-order valence-electron chi connectivity index (χ1n) is 6.49. The minimum absolute atomic E-state index is 0.00967. The van der Waals surface area contributed by atoms with Crippen molar-refractivity contribution in [3.05, 3.63) is 23.8 Å². The Hall–Kier alpha value is -3.04. The van der Waals surface area contributed by atoms with E-state index in [9.17, 15) is 4.79 Å². The van der Waals surface area contributed by atoms with Gasteiger partial charge >= 0.3 is 0 Å². The number of nitrogens with one attached hydrogen (secondary N) is 1. The van der Waals surface area contributed by atoms with Gasteiger partial charge in [-0.3, -0.25) is 4.79 Å². The van der Waals surface area contributed by atoms with Crippen LogP contribution in [0.25, 0.3) is 0 Å². The molecule has 1 heterocycles. The third-order valence-electron chi connectivity index (χ3n) is 2.43. The molecule has 1 N–H and O–H groups in total. The van der Waals surface area contributed by atoms with E-state index in [1.165, 1.54) is 40.0 Å². The van der Waals surface area contributed by atoms with Crippen LogP contribution in [0.5, 0.6) is 0 Å². The molecule has 0 atom stereocenters. The molecule has 124 valence electrons. The van der Waals surface area contributed by atoms with Gasteiger partial charge in [0.2, 0.25) is 0 Å². The van der Waals surface area contributed by atoms with Crippen molar-refractivity contribution in [3.8, 4) is 0 Å². The van der Waals surface area contributed by atoms with Crippen LogP contribution in [0.15, 0.2) is 28.0 Å². The summed E-state index contributed by atoms with van der Waals surface area (Å²) in [5, 5.41) is 13.5. The number of rotatable bonds is 8. The van der Waals surface area contributed by atoms with Crippen LogP contribution in [-0.4, -0.2) is 54.8 Å². The van der Waals surface area contributed by atoms with Gasteiger partial charge < -0.3 is 19.8 Å². The van der Waals surface area contributed by atoms with Gasteiger partial charge in [-0.1, -0.05) is 15.5 Å². The van der Waals surface area contributed by atoms with Gasteiger partial charge in [-0.05, 0) is 6.92 Å². The molecule has 0 saturated carbocycles. The van der Waals surface area contributed by atoms with Gasteiger partial charge in [0.25, 0.3) is 5.91 Å². The first-order valence-corrected chi connectivity index (χ1v) is 6.49. The van der Waals surface area contributed by atoms with Crippen molar-refractivity contribution in [2.24, 2.45) is 15.5 Å². The largest absolute Gasteiger partial charge is 0.399 e. The number of hydrogen-bond donors (Lipinski definition) is 1. The lowest BCUT2D eigenvalue weighted by Crippen LogP contribution is -2.29. The first kappa shape index (κ1) is 18.0. The molecule has 0 radical (unpaired) electrons.